The Kier molecular flexibility index (Phi) is 4.75. The molecule has 1 aromatic heterocycles. The number of rotatable bonds is 3. The van der Waals surface area contributed by atoms with Gasteiger partial charge >= 0.3 is 5.97 Å². The van der Waals surface area contributed by atoms with Crippen LogP contribution in [0.5, 0.6) is 0 Å². The third-order valence-electron chi connectivity index (χ3n) is 4.19. The Morgan fingerprint density at radius 1 is 1.35 bits per heavy atom. The van der Waals surface area contributed by atoms with Crippen molar-refractivity contribution >= 4 is 29.2 Å². The van der Waals surface area contributed by atoms with E-state index in [9.17, 15) is 14.4 Å². The van der Waals surface area contributed by atoms with Crippen molar-refractivity contribution in [2.75, 3.05) is 16.8 Å². The second-order valence-electron chi connectivity index (χ2n) is 6.16. The molecule has 0 fully saturated rings. The molecule has 1 N–H and O–H groups in total. The Hall–Kier alpha value is -3.16. The van der Waals surface area contributed by atoms with Gasteiger partial charge in [-0.2, -0.15) is 0 Å². The number of aryl methyl sites for hydroxylation is 2. The lowest BCUT2D eigenvalue weighted by Gasteiger charge is -2.27. The van der Waals surface area contributed by atoms with E-state index in [1.807, 2.05) is 0 Å². The van der Waals surface area contributed by atoms with Crippen LogP contribution in [0.1, 0.15) is 35.2 Å². The summed E-state index contributed by atoms with van der Waals surface area (Å²) in [4.78, 5) is 38.4. The fourth-order valence-electron chi connectivity index (χ4n) is 3.01. The third kappa shape index (κ3) is 3.30. The minimum atomic E-state index is -0.667. The zero-order valence-electron chi connectivity index (χ0n) is 14.7. The Morgan fingerprint density at radius 2 is 2.08 bits per heavy atom. The van der Waals surface area contributed by atoms with E-state index < -0.39 is 18.5 Å². The van der Waals surface area contributed by atoms with Gasteiger partial charge in [0.15, 0.2) is 6.61 Å². The number of fused-ring (bicyclic) bond motifs is 1. The first kappa shape index (κ1) is 17.7. The van der Waals surface area contributed by atoms with Gasteiger partial charge in [-0.1, -0.05) is 17.3 Å². The van der Waals surface area contributed by atoms with Crippen molar-refractivity contribution in [2.24, 2.45) is 0 Å². The number of aromatic nitrogens is 1. The molecule has 2 heterocycles. The zero-order valence-corrected chi connectivity index (χ0v) is 14.7. The Morgan fingerprint density at radius 3 is 2.77 bits per heavy atom. The minimum Gasteiger partial charge on any atom is -0.452 e. The van der Waals surface area contributed by atoms with Crippen molar-refractivity contribution in [3.63, 3.8) is 0 Å². The van der Waals surface area contributed by atoms with Gasteiger partial charge in [-0.05, 0) is 32.9 Å². The first-order valence-corrected chi connectivity index (χ1v) is 8.19. The highest BCUT2D eigenvalue weighted by atomic mass is 16.5. The monoisotopic (exact) mass is 357 g/mol. The number of nitrogens with one attached hydrogen (secondary N) is 1. The summed E-state index contributed by atoms with van der Waals surface area (Å²) in [5, 5.41) is 6.48. The zero-order chi connectivity index (χ0) is 18.8. The third-order valence-corrected chi connectivity index (χ3v) is 4.19. The molecule has 1 aromatic carbocycles. The average Bonchev–Trinajstić information content (AvgIpc) is 2.85. The predicted octanol–water partition coefficient (Wildman–Crippen LogP) is 2.21. The molecule has 136 valence electrons. The van der Waals surface area contributed by atoms with Crippen LogP contribution in [0.2, 0.25) is 0 Å². The topological polar surface area (TPSA) is 102 Å². The number of hydrogen-bond acceptors (Lipinski definition) is 6. The van der Waals surface area contributed by atoms with Crippen LogP contribution in [0.25, 0.3) is 0 Å². The molecule has 0 saturated carbocycles. The SMILES string of the molecule is Cc1noc(C)c1C(=O)OCC(=O)N1c2ccccc2NC(=O)C[C@H]1C. The smallest absolute Gasteiger partial charge is 0.344 e. The van der Waals surface area contributed by atoms with Crippen LogP contribution in [0.3, 0.4) is 0 Å². The van der Waals surface area contributed by atoms with E-state index in [-0.39, 0.29) is 23.9 Å². The summed E-state index contributed by atoms with van der Waals surface area (Å²) in [7, 11) is 0. The molecule has 0 bridgehead atoms. The molecule has 2 aromatic rings. The molecular weight excluding hydrogens is 338 g/mol. The van der Waals surface area contributed by atoms with Crippen molar-refractivity contribution in [1.82, 2.24) is 5.16 Å². The molecule has 8 heteroatoms. The van der Waals surface area contributed by atoms with Crippen LogP contribution in [-0.4, -0.2) is 35.6 Å². The molecular formula is C18H19N3O5. The van der Waals surface area contributed by atoms with Crippen molar-refractivity contribution in [3.05, 3.63) is 41.3 Å². The summed E-state index contributed by atoms with van der Waals surface area (Å²) < 4.78 is 10.1. The second kappa shape index (κ2) is 6.99. The van der Waals surface area contributed by atoms with Crippen LogP contribution in [0.15, 0.2) is 28.8 Å². The fraction of sp³-hybridized carbons (Fsp3) is 0.333. The number of hydrogen-bond donors (Lipinski definition) is 1. The minimum absolute atomic E-state index is 0.151. The quantitative estimate of drug-likeness (QED) is 0.845. The highest BCUT2D eigenvalue weighted by Crippen LogP contribution is 2.31. The Bertz CT molecular complexity index is 854. The number of anilines is 2. The maximum Gasteiger partial charge on any atom is 0.344 e. The lowest BCUT2D eigenvalue weighted by molar-refractivity contribution is -0.122. The first-order chi connectivity index (χ1) is 12.4. The summed E-state index contributed by atoms with van der Waals surface area (Å²) in [5.41, 5.74) is 1.75. The van der Waals surface area contributed by atoms with E-state index in [4.69, 9.17) is 9.26 Å². The Labute approximate surface area is 150 Å². The van der Waals surface area contributed by atoms with Gasteiger partial charge in [0.2, 0.25) is 5.91 Å². The molecule has 0 aliphatic carbocycles. The number of benzene rings is 1. The second-order valence-corrected chi connectivity index (χ2v) is 6.16. The highest BCUT2D eigenvalue weighted by molar-refractivity contribution is 6.05. The van der Waals surface area contributed by atoms with E-state index in [1.54, 1.807) is 45.0 Å². The molecule has 0 saturated heterocycles. The number of carbonyl (C=O) groups is 3. The number of para-hydroxylation sites is 2. The van der Waals surface area contributed by atoms with Crippen LogP contribution >= 0.6 is 0 Å². The van der Waals surface area contributed by atoms with Crippen LogP contribution < -0.4 is 10.2 Å². The number of carbonyl (C=O) groups excluding carboxylic acids is 3. The largest absolute Gasteiger partial charge is 0.452 e. The standard InChI is InChI=1S/C18H19N3O5/c1-10-8-15(22)19-13-6-4-5-7-14(13)21(10)16(23)9-25-18(24)17-11(2)20-26-12(17)3/h4-7,10H,8-9H2,1-3H3,(H,19,22)/t10-/m1/s1. The molecule has 0 radical (unpaired) electrons. The van der Waals surface area contributed by atoms with Crippen molar-refractivity contribution in [2.45, 2.75) is 33.2 Å². The fourth-order valence-corrected chi connectivity index (χ4v) is 3.01. The molecule has 0 unspecified atom stereocenters. The first-order valence-electron chi connectivity index (χ1n) is 8.19. The maximum absolute atomic E-state index is 12.7. The van der Waals surface area contributed by atoms with E-state index in [1.165, 1.54) is 4.90 Å². The van der Waals surface area contributed by atoms with E-state index in [2.05, 4.69) is 10.5 Å². The summed E-state index contributed by atoms with van der Waals surface area (Å²) in [6.45, 7) is 4.55. The molecule has 1 atom stereocenters. The molecule has 8 nitrogen and oxygen atoms in total. The summed E-state index contributed by atoms with van der Waals surface area (Å²) in [5.74, 6) is -0.919. The van der Waals surface area contributed by atoms with Gasteiger partial charge in [0.25, 0.3) is 5.91 Å². The lowest BCUT2D eigenvalue weighted by atomic mass is 10.1. The number of esters is 1. The molecule has 1 aliphatic rings. The van der Waals surface area contributed by atoms with Crippen molar-refractivity contribution < 1.29 is 23.6 Å². The average molecular weight is 357 g/mol. The molecule has 3 rings (SSSR count). The van der Waals surface area contributed by atoms with Gasteiger partial charge in [0.1, 0.15) is 11.3 Å². The van der Waals surface area contributed by atoms with Crippen LogP contribution in [0, 0.1) is 13.8 Å². The predicted molar refractivity (Wildman–Crippen MR) is 92.9 cm³/mol. The van der Waals surface area contributed by atoms with Crippen LogP contribution in [0.4, 0.5) is 11.4 Å². The van der Waals surface area contributed by atoms with Crippen molar-refractivity contribution in [3.8, 4) is 0 Å². The van der Waals surface area contributed by atoms with Gasteiger partial charge in [0.05, 0.1) is 17.1 Å². The van der Waals surface area contributed by atoms with Gasteiger partial charge < -0.3 is 19.5 Å². The Balaban J connectivity index is 1.78. The lowest BCUT2D eigenvalue weighted by Crippen LogP contribution is -2.41. The van der Waals surface area contributed by atoms with Crippen LogP contribution in [-0.2, 0) is 14.3 Å². The maximum atomic E-state index is 12.7. The summed E-state index contributed by atoms with van der Waals surface area (Å²) >= 11 is 0. The van der Waals surface area contributed by atoms with Gasteiger partial charge in [-0.3, -0.25) is 9.59 Å². The number of amides is 2. The molecule has 1 aliphatic heterocycles. The van der Waals surface area contributed by atoms with E-state index >= 15 is 0 Å². The van der Waals surface area contributed by atoms with E-state index in [0.717, 1.165) is 0 Å². The number of nitrogens with zero attached hydrogens (tertiary/aromatic N) is 2. The normalized spacial score (nSPS) is 16.5. The molecule has 2 amide bonds. The summed E-state index contributed by atoms with van der Waals surface area (Å²) in [6.07, 6.45) is 0.151. The van der Waals surface area contributed by atoms with Gasteiger partial charge in [0, 0.05) is 12.5 Å². The summed E-state index contributed by atoms with van der Waals surface area (Å²) in [6, 6.07) is 6.64. The molecule has 26 heavy (non-hydrogen) atoms. The van der Waals surface area contributed by atoms with Gasteiger partial charge in [-0.25, -0.2) is 4.79 Å². The van der Waals surface area contributed by atoms with E-state index in [0.29, 0.717) is 22.8 Å². The van der Waals surface area contributed by atoms with Crippen molar-refractivity contribution in [1.29, 1.82) is 0 Å². The highest BCUT2D eigenvalue weighted by Gasteiger charge is 2.30. The number of ether oxygens (including phenoxy) is 1. The van der Waals surface area contributed by atoms with Gasteiger partial charge in [-0.15, -0.1) is 0 Å². The molecule has 0 spiro atoms.